The second-order valence-electron chi connectivity index (χ2n) is 3.56. The summed E-state index contributed by atoms with van der Waals surface area (Å²) in [7, 11) is 1.55. The van der Waals surface area contributed by atoms with Gasteiger partial charge in [0, 0.05) is 5.39 Å². The molecule has 0 amide bonds. The summed E-state index contributed by atoms with van der Waals surface area (Å²) in [6.45, 7) is 2.01. The third-order valence-electron chi connectivity index (χ3n) is 2.44. The number of rotatable bonds is 3. The zero-order valence-electron chi connectivity index (χ0n) is 9.41. The Hall–Kier alpha value is -1.77. The number of methoxy groups -OCH3 is 1. The van der Waals surface area contributed by atoms with Crippen molar-refractivity contribution in [1.29, 1.82) is 0 Å². The van der Waals surface area contributed by atoms with Gasteiger partial charge in [0.15, 0.2) is 11.3 Å². The fraction of sp³-hybridized carbons (Fsp3) is 0.250. The number of benzene rings is 1. The maximum atomic E-state index is 10.1. The first-order valence-corrected chi connectivity index (χ1v) is 5.34. The Kier molecular flexibility index (Phi) is 3.18. The molecule has 88 valence electrons. The van der Waals surface area contributed by atoms with Crippen LogP contribution in [0.15, 0.2) is 21.5 Å². The van der Waals surface area contributed by atoms with Gasteiger partial charge in [0.05, 0.1) is 18.7 Å². The summed E-state index contributed by atoms with van der Waals surface area (Å²) in [5, 5.41) is 1.29. The van der Waals surface area contributed by atoms with E-state index in [0.717, 1.165) is 11.1 Å². The monoisotopic (exact) mass is 251 g/mol. The summed E-state index contributed by atoms with van der Waals surface area (Å²) in [6, 6.07) is 3.54. The zero-order chi connectivity index (χ0) is 12.4. The molecule has 17 heavy (non-hydrogen) atoms. The molecule has 0 aliphatic rings. The lowest BCUT2D eigenvalue weighted by Gasteiger charge is -2.06. The highest BCUT2D eigenvalue weighted by atomic mass is 35.5. The average Bonchev–Trinajstić information content (AvgIpc) is 2.71. The van der Waals surface area contributed by atoms with Crippen LogP contribution in [0.1, 0.15) is 11.3 Å². The Morgan fingerprint density at radius 1 is 1.53 bits per heavy atom. The molecular formula is C12H10ClNO3. The predicted molar refractivity (Wildman–Crippen MR) is 64.3 cm³/mol. The van der Waals surface area contributed by atoms with E-state index in [1.807, 2.05) is 13.0 Å². The Bertz CT molecular complexity index is 612. The van der Waals surface area contributed by atoms with Gasteiger partial charge < -0.3 is 9.15 Å². The molecule has 0 fully saturated rings. The lowest BCUT2D eigenvalue weighted by molar-refractivity contribution is 0.408. The first kappa shape index (κ1) is 11.7. The fourth-order valence-corrected chi connectivity index (χ4v) is 1.96. The molecule has 0 radical (unpaired) electrons. The van der Waals surface area contributed by atoms with Crippen LogP contribution in [0.2, 0.25) is 5.02 Å². The van der Waals surface area contributed by atoms with Crippen LogP contribution in [0.5, 0.6) is 5.75 Å². The zero-order valence-corrected chi connectivity index (χ0v) is 10.2. The van der Waals surface area contributed by atoms with Gasteiger partial charge >= 0.3 is 0 Å². The lowest BCUT2D eigenvalue weighted by Crippen LogP contribution is -1.89. The van der Waals surface area contributed by atoms with Crippen LogP contribution < -0.4 is 4.74 Å². The SMILES string of the molecule is COc1cc(CN=C=O)c(Cl)c2cc(C)oc12. The third-order valence-corrected chi connectivity index (χ3v) is 2.88. The molecule has 0 saturated heterocycles. The Morgan fingerprint density at radius 3 is 2.94 bits per heavy atom. The molecule has 2 aromatic rings. The van der Waals surface area contributed by atoms with Gasteiger partial charge in [0.25, 0.3) is 0 Å². The van der Waals surface area contributed by atoms with Crippen molar-refractivity contribution in [1.82, 2.24) is 0 Å². The Balaban J connectivity index is 2.69. The third kappa shape index (κ3) is 2.05. The number of aryl methyl sites for hydroxylation is 1. The molecule has 1 aromatic heterocycles. The van der Waals surface area contributed by atoms with E-state index < -0.39 is 0 Å². The van der Waals surface area contributed by atoms with Crippen LogP contribution in [0.25, 0.3) is 11.0 Å². The topological polar surface area (TPSA) is 51.8 Å². The first-order valence-electron chi connectivity index (χ1n) is 4.96. The lowest BCUT2D eigenvalue weighted by atomic mass is 10.1. The second kappa shape index (κ2) is 4.62. The Morgan fingerprint density at radius 2 is 2.29 bits per heavy atom. The summed E-state index contributed by atoms with van der Waals surface area (Å²) >= 11 is 6.21. The van der Waals surface area contributed by atoms with Gasteiger partial charge in [-0.25, -0.2) is 9.79 Å². The molecular weight excluding hydrogens is 242 g/mol. The van der Waals surface area contributed by atoms with Gasteiger partial charge in [-0.15, -0.1) is 0 Å². The van der Waals surface area contributed by atoms with E-state index >= 15 is 0 Å². The highest BCUT2D eigenvalue weighted by Crippen LogP contribution is 2.37. The molecule has 0 saturated carbocycles. The van der Waals surface area contributed by atoms with Crippen LogP contribution in [-0.2, 0) is 11.3 Å². The van der Waals surface area contributed by atoms with Crippen molar-refractivity contribution in [2.75, 3.05) is 7.11 Å². The molecule has 0 unspecified atom stereocenters. The molecule has 0 atom stereocenters. The quantitative estimate of drug-likeness (QED) is 0.622. The molecule has 0 spiro atoms. The van der Waals surface area contributed by atoms with Crippen molar-refractivity contribution in [3.8, 4) is 5.75 Å². The molecule has 0 aliphatic carbocycles. The number of nitrogens with zero attached hydrogens (tertiary/aromatic N) is 1. The van der Waals surface area contributed by atoms with Gasteiger partial charge in [0.1, 0.15) is 5.76 Å². The van der Waals surface area contributed by atoms with Crippen molar-refractivity contribution in [3.05, 3.63) is 28.5 Å². The summed E-state index contributed by atoms with van der Waals surface area (Å²) in [5.74, 6) is 1.32. The van der Waals surface area contributed by atoms with Crippen molar-refractivity contribution >= 4 is 28.7 Å². The van der Waals surface area contributed by atoms with Crippen molar-refractivity contribution in [2.45, 2.75) is 13.5 Å². The summed E-state index contributed by atoms with van der Waals surface area (Å²) in [4.78, 5) is 13.6. The number of carbonyl (C=O) groups excluding carboxylic acids is 1. The number of isocyanates is 1. The fourth-order valence-electron chi connectivity index (χ4n) is 1.70. The van der Waals surface area contributed by atoms with E-state index in [9.17, 15) is 4.79 Å². The van der Waals surface area contributed by atoms with Gasteiger partial charge in [-0.05, 0) is 24.6 Å². The number of halogens is 1. The minimum Gasteiger partial charge on any atom is -0.493 e. The van der Waals surface area contributed by atoms with Crippen molar-refractivity contribution < 1.29 is 13.9 Å². The van der Waals surface area contributed by atoms with E-state index in [1.165, 1.54) is 6.08 Å². The maximum absolute atomic E-state index is 10.1. The van der Waals surface area contributed by atoms with E-state index in [2.05, 4.69) is 4.99 Å². The van der Waals surface area contributed by atoms with E-state index in [4.69, 9.17) is 20.8 Å². The number of aliphatic imine (C=N–C) groups is 1. The maximum Gasteiger partial charge on any atom is 0.235 e. The largest absolute Gasteiger partial charge is 0.493 e. The molecule has 1 heterocycles. The van der Waals surface area contributed by atoms with Crippen LogP contribution in [0.4, 0.5) is 0 Å². The standard InChI is InChI=1S/C12H10ClNO3/c1-7-3-9-11(13)8(5-14-6-15)4-10(16-2)12(9)17-7/h3-4H,5H2,1-2H3. The molecule has 0 aliphatic heterocycles. The minimum atomic E-state index is 0.179. The number of furan rings is 1. The van der Waals surface area contributed by atoms with Crippen LogP contribution in [0, 0.1) is 6.92 Å². The molecule has 4 nitrogen and oxygen atoms in total. The highest BCUT2D eigenvalue weighted by molar-refractivity contribution is 6.36. The van der Waals surface area contributed by atoms with E-state index in [-0.39, 0.29) is 6.54 Å². The molecule has 1 aromatic carbocycles. The van der Waals surface area contributed by atoms with Crippen molar-refractivity contribution in [2.24, 2.45) is 4.99 Å². The van der Waals surface area contributed by atoms with Gasteiger partial charge in [-0.1, -0.05) is 11.6 Å². The van der Waals surface area contributed by atoms with Crippen molar-refractivity contribution in [3.63, 3.8) is 0 Å². The number of fused-ring (bicyclic) bond motifs is 1. The second-order valence-corrected chi connectivity index (χ2v) is 3.94. The summed E-state index contributed by atoms with van der Waals surface area (Å²) < 4.78 is 10.7. The summed E-state index contributed by atoms with van der Waals surface area (Å²) in [5.41, 5.74) is 1.31. The first-order chi connectivity index (χ1) is 8.17. The molecule has 0 N–H and O–H groups in total. The smallest absolute Gasteiger partial charge is 0.235 e. The number of ether oxygens (including phenoxy) is 1. The van der Waals surface area contributed by atoms with Crippen LogP contribution >= 0.6 is 11.6 Å². The molecule has 2 rings (SSSR count). The molecule has 0 bridgehead atoms. The van der Waals surface area contributed by atoms with Crippen LogP contribution in [-0.4, -0.2) is 13.2 Å². The van der Waals surface area contributed by atoms with Gasteiger partial charge in [-0.3, -0.25) is 0 Å². The van der Waals surface area contributed by atoms with E-state index in [0.29, 0.717) is 21.9 Å². The predicted octanol–water partition coefficient (Wildman–Crippen LogP) is 3.24. The van der Waals surface area contributed by atoms with Gasteiger partial charge in [0.2, 0.25) is 6.08 Å². The average molecular weight is 252 g/mol. The highest BCUT2D eigenvalue weighted by Gasteiger charge is 2.14. The van der Waals surface area contributed by atoms with Gasteiger partial charge in [-0.2, -0.15) is 0 Å². The Labute approximate surface area is 103 Å². The van der Waals surface area contributed by atoms with E-state index in [1.54, 1.807) is 13.2 Å². The summed E-state index contributed by atoms with van der Waals surface area (Å²) in [6.07, 6.45) is 1.49. The molecule has 5 heteroatoms. The normalized spacial score (nSPS) is 10.3. The minimum absolute atomic E-state index is 0.179. The van der Waals surface area contributed by atoms with Crippen LogP contribution in [0.3, 0.4) is 0 Å². The number of hydrogen-bond donors (Lipinski definition) is 0. The number of hydrogen-bond acceptors (Lipinski definition) is 4.